The third-order valence-corrected chi connectivity index (χ3v) is 3.99. The molecule has 96 valence electrons. The molecule has 2 nitrogen and oxygen atoms in total. The van der Waals surface area contributed by atoms with Crippen molar-refractivity contribution < 1.29 is 0 Å². The number of nitrogens with one attached hydrogen (secondary N) is 2. The van der Waals surface area contributed by atoms with Crippen LogP contribution in [0.15, 0.2) is 29.2 Å². The lowest BCUT2D eigenvalue weighted by atomic mass is 9.91. The second-order valence-electron chi connectivity index (χ2n) is 4.27. The zero-order chi connectivity index (χ0) is 12.7. The van der Waals surface area contributed by atoms with Crippen molar-refractivity contribution in [3.63, 3.8) is 0 Å². The summed E-state index contributed by atoms with van der Waals surface area (Å²) in [5.74, 6) is 0.630. The van der Waals surface area contributed by atoms with Crippen LogP contribution in [0.25, 0.3) is 0 Å². The summed E-state index contributed by atoms with van der Waals surface area (Å²) in [5.41, 5.74) is 1.38. The topological polar surface area (TPSA) is 24.1 Å². The average molecular weight is 252 g/mol. The molecule has 3 heteroatoms. The van der Waals surface area contributed by atoms with Crippen molar-refractivity contribution in [1.82, 2.24) is 10.6 Å². The van der Waals surface area contributed by atoms with Crippen LogP contribution in [-0.2, 0) is 0 Å². The lowest BCUT2D eigenvalue weighted by Gasteiger charge is -2.26. The van der Waals surface area contributed by atoms with E-state index >= 15 is 0 Å². The predicted octanol–water partition coefficient (Wildman–Crippen LogP) is 2.91. The second kappa shape index (κ2) is 7.75. The van der Waals surface area contributed by atoms with Gasteiger partial charge in [-0.05, 0) is 50.5 Å². The molecule has 0 spiro atoms. The van der Waals surface area contributed by atoms with E-state index in [9.17, 15) is 0 Å². The Labute approximate surface area is 110 Å². The van der Waals surface area contributed by atoms with Crippen LogP contribution < -0.4 is 10.6 Å². The van der Waals surface area contributed by atoms with Crippen molar-refractivity contribution in [3.05, 3.63) is 29.8 Å². The summed E-state index contributed by atoms with van der Waals surface area (Å²) >= 11 is 1.79. The van der Waals surface area contributed by atoms with Crippen LogP contribution in [-0.4, -0.2) is 26.9 Å². The highest BCUT2D eigenvalue weighted by Gasteiger charge is 2.19. The summed E-state index contributed by atoms with van der Waals surface area (Å²) in [6.07, 6.45) is 3.29. The number of hydrogen-bond donors (Lipinski definition) is 2. The first-order chi connectivity index (χ1) is 8.26. The lowest BCUT2D eigenvalue weighted by Crippen LogP contribution is -2.31. The molecule has 1 aromatic rings. The number of thioether (sulfide) groups is 1. The zero-order valence-electron chi connectivity index (χ0n) is 11.3. The van der Waals surface area contributed by atoms with Crippen molar-refractivity contribution in [1.29, 1.82) is 0 Å². The van der Waals surface area contributed by atoms with Crippen molar-refractivity contribution in [2.75, 3.05) is 26.9 Å². The summed E-state index contributed by atoms with van der Waals surface area (Å²) in [6, 6.07) is 9.33. The molecule has 0 bridgehead atoms. The Balaban J connectivity index is 2.83. The summed E-state index contributed by atoms with van der Waals surface area (Å²) in [7, 11) is 4.07. The van der Waals surface area contributed by atoms with Gasteiger partial charge in [0.05, 0.1) is 0 Å². The molecule has 1 rings (SSSR count). The van der Waals surface area contributed by atoms with Gasteiger partial charge in [-0.1, -0.05) is 25.5 Å². The molecule has 1 aromatic carbocycles. The van der Waals surface area contributed by atoms with E-state index in [1.165, 1.54) is 16.9 Å². The van der Waals surface area contributed by atoms with E-state index in [2.05, 4.69) is 48.1 Å². The molecule has 2 N–H and O–H groups in total. The first kappa shape index (κ1) is 14.6. The quantitative estimate of drug-likeness (QED) is 0.730. The minimum atomic E-state index is 0.434. The monoisotopic (exact) mass is 252 g/mol. The molecule has 0 amide bonds. The first-order valence-corrected chi connectivity index (χ1v) is 7.45. The van der Waals surface area contributed by atoms with Gasteiger partial charge in [0.25, 0.3) is 0 Å². The lowest BCUT2D eigenvalue weighted by molar-refractivity contribution is 0.359. The largest absolute Gasteiger partial charge is 0.319 e. The van der Waals surface area contributed by atoms with E-state index in [1.54, 1.807) is 11.8 Å². The van der Waals surface area contributed by atoms with E-state index in [4.69, 9.17) is 0 Å². The van der Waals surface area contributed by atoms with Gasteiger partial charge < -0.3 is 10.6 Å². The molecular formula is C14H24N2S. The van der Waals surface area contributed by atoms with Crippen LogP contribution in [0.2, 0.25) is 0 Å². The Bertz CT molecular complexity index is 311. The smallest absolute Gasteiger partial charge is 0.0358 e. The third kappa shape index (κ3) is 4.02. The number of benzene rings is 1. The summed E-state index contributed by atoms with van der Waals surface area (Å²) < 4.78 is 0. The van der Waals surface area contributed by atoms with Crippen molar-refractivity contribution in [3.8, 4) is 0 Å². The van der Waals surface area contributed by atoms with Gasteiger partial charge in [-0.2, -0.15) is 0 Å². The molecule has 0 aliphatic rings. The van der Waals surface area contributed by atoms with E-state index in [1.807, 2.05) is 14.1 Å². The molecule has 0 aromatic heterocycles. The Morgan fingerprint density at radius 2 is 1.82 bits per heavy atom. The molecule has 0 saturated heterocycles. The Morgan fingerprint density at radius 3 is 2.24 bits per heavy atom. The molecule has 0 aliphatic carbocycles. The standard InChI is InChI=1S/C14H24N2S/c1-5-11(10-15-2)14(16-3)12-6-8-13(17-4)9-7-12/h6-9,11,14-16H,5,10H2,1-4H3. The van der Waals surface area contributed by atoms with Gasteiger partial charge in [-0.15, -0.1) is 11.8 Å². The van der Waals surface area contributed by atoms with Crippen molar-refractivity contribution >= 4 is 11.8 Å². The summed E-state index contributed by atoms with van der Waals surface area (Å²) in [5, 5.41) is 6.73. The van der Waals surface area contributed by atoms with Gasteiger partial charge in [0, 0.05) is 10.9 Å². The third-order valence-electron chi connectivity index (χ3n) is 3.25. The van der Waals surface area contributed by atoms with Crippen LogP contribution in [0, 0.1) is 5.92 Å². The molecule has 2 atom stereocenters. The first-order valence-electron chi connectivity index (χ1n) is 6.22. The van der Waals surface area contributed by atoms with Gasteiger partial charge in [0.1, 0.15) is 0 Å². The maximum Gasteiger partial charge on any atom is 0.0358 e. The molecule has 0 saturated carbocycles. The Morgan fingerprint density at radius 1 is 1.18 bits per heavy atom. The minimum absolute atomic E-state index is 0.434. The minimum Gasteiger partial charge on any atom is -0.319 e. The van der Waals surface area contributed by atoms with Gasteiger partial charge in [-0.3, -0.25) is 0 Å². The fourth-order valence-electron chi connectivity index (χ4n) is 2.25. The van der Waals surface area contributed by atoms with Crippen LogP contribution >= 0.6 is 11.8 Å². The normalized spacial score (nSPS) is 14.6. The fourth-order valence-corrected chi connectivity index (χ4v) is 2.65. The summed E-state index contributed by atoms with van der Waals surface area (Å²) in [6.45, 7) is 3.30. The zero-order valence-corrected chi connectivity index (χ0v) is 12.1. The second-order valence-corrected chi connectivity index (χ2v) is 5.15. The molecule has 0 radical (unpaired) electrons. The SMILES string of the molecule is CCC(CNC)C(NC)c1ccc(SC)cc1. The van der Waals surface area contributed by atoms with Gasteiger partial charge >= 0.3 is 0 Å². The molecule has 0 fully saturated rings. The average Bonchev–Trinajstić information content (AvgIpc) is 2.39. The van der Waals surface area contributed by atoms with E-state index in [-0.39, 0.29) is 0 Å². The number of hydrogen-bond acceptors (Lipinski definition) is 3. The van der Waals surface area contributed by atoms with Crippen LogP contribution in [0.5, 0.6) is 0 Å². The van der Waals surface area contributed by atoms with Crippen LogP contribution in [0.1, 0.15) is 24.9 Å². The molecule has 2 unspecified atom stereocenters. The molecule has 17 heavy (non-hydrogen) atoms. The van der Waals surface area contributed by atoms with E-state index in [0.717, 1.165) is 6.54 Å². The molecule has 0 aliphatic heterocycles. The Kier molecular flexibility index (Phi) is 6.63. The van der Waals surface area contributed by atoms with Crippen LogP contribution in [0.4, 0.5) is 0 Å². The highest BCUT2D eigenvalue weighted by molar-refractivity contribution is 7.98. The maximum atomic E-state index is 3.44. The number of rotatable bonds is 7. The highest BCUT2D eigenvalue weighted by Crippen LogP contribution is 2.25. The van der Waals surface area contributed by atoms with Gasteiger partial charge in [-0.25, -0.2) is 0 Å². The summed E-state index contributed by atoms with van der Waals surface area (Å²) in [4.78, 5) is 1.32. The van der Waals surface area contributed by atoms with E-state index < -0.39 is 0 Å². The van der Waals surface area contributed by atoms with Gasteiger partial charge in [0.15, 0.2) is 0 Å². The van der Waals surface area contributed by atoms with Crippen molar-refractivity contribution in [2.24, 2.45) is 5.92 Å². The fraction of sp³-hybridized carbons (Fsp3) is 0.571. The predicted molar refractivity (Wildman–Crippen MR) is 77.7 cm³/mol. The van der Waals surface area contributed by atoms with Gasteiger partial charge in [0.2, 0.25) is 0 Å². The maximum absolute atomic E-state index is 3.44. The Hall–Kier alpha value is -0.510. The molecule has 0 heterocycles. The van der Waals surface area contributed by atoms with Crippen molar-refractivity contribution in [2.45, 2.75) is 24.3 Å². The highest BCUT2D eigenvalue weighted by atomic mass is 32.2. The molecular weight excluding hydrogens is 228 g/mol. The van der Waals surface area contributed by atoms with E-state index in [0.29, 0.717) is 12.0 Å². The van der Waals surface area contributed by atoms with Crippen LogP contribution in [0.3, 0.4) is 0 Å².